The average molecular weight is 1130 g/mol. The lowest BCUT2D eigenvalue weighted by atomic mass is 9.94. The van der Waals surface area contributed by atoms with E-state index in [2.05, 4.69) is 49.4 Å². The third-order valence-electron chi connectivity index (χ3n) is 13.6. The van der Waals surface area contributed by atoms with E-state index in [0.717, 1.165) is 82.3 Å². The summed E-state index contributed by atoms with van der Waals surface area (Å²) in [6, 6.07) is 8.38. The van der Waals surface area contributed by atoms with Gasteiger partial charge in [0.1, 0.15) is 12.4 Å². The number of hydrogen-bond donors (Lipinski definition) is 6. The zero-order valence-corrected chi connectivity index (χ0v) is 47.2. The summed E-state index contributed by atoms with van der Waals surface area (Å²) < 4.78 is 20.2. The molecule has 2 atom stereocenters. The maximum atomic E-state index is 13.1. The molecule has 4 aromatic rings. The number of nitrogens with zero attached hydrogens (tertiary/aromatic N) is 6. The minimum absolute atomic E-state index is 0. The molecule has 1 amide bonds. The maximum absolute atomic E-state index is 13.1. The number of nitrogens with one attached hydrogen (secondary N) is 1. The van der Waals surface area contributed by atoms with E-state index in [0.29, 0.717) is 19.4 Å². The van der Waals surface area contributed by atoms with Crippen LogP contribution in [0.3, 0.4) is 0 Å². The Balaban J connectivity index is 0.000000330. The number of nitrogens with two attached hydrogens (primary N) is 1. The summed E-state index contributed by atoms with van der Waals surface area (Å²) in [5.41, 5.74) is 1.56. The molecule has 2 aromatic carbocycles. The predicted octanol–water partition coefficient (Wildman–Crippen LogP) is 5.10. The number of carbonyl (C=O) groups is 2. The monoisotopic (exact) mass is 1130 g/mol. The normalized spacial score (nSPS) is 16.3. The first-order valence-corrected chi connectivity index (χ1v) is 28.4. The third kappa shape index (κ3) is 18.5. The van der Waals surface area contributed by atoms with Crippen molar-refractivity contribution in [3.05, 3.63) is 112 Å². The van der Waals surface area contributed by atoms with E-state index in [1.54, 1.807) is 0 Å². The van der Waals surface area contributed by atoms with Crippen LogP contribution in [0.5, 0.6) is 0 Å². The summed E-state index contributed by atoms with van der Waals surface area (Å²) in [4.78, 5) is 74.7. The van der Waals surface area contributed by atoms with Gasteiger partial charge in [0.2, 0.25) is 0 Å². The average Bonchev–Trinajstić information content (AvgIpc) is 3.71. The number of benzene rings is 2. The number of rotatable bonds is 17. The molecule has 21 nitrogen and oxygen atoms in total. The van der Waals surface area contributed by atoms with E-state index in [-0.39, 0.29) is 82.8 Å². The van der Waals surface area contributed by atoms with Crippen LogP contribution in [-0.4, -0.2) is 133 Å². The van der Waals surface area contributed by atoms with Crippen LogP contribution >= 0.6 is 35.6 Å². The summed E-state index contributed by atoms with van der Waals surface area (Å²) in [6.07, 6.45) is 12.2. The molecule has 2 saturated carbocycles. The summed E-state index contributed by atoms with van der Waals surface area (Å²) in [5, 5.41) is 50.4. The highest BCUT2D eigenvalue weighted by Crippen LogP contribution is 2.37. The zero-order chi connectivity index (χ0) is 55.0. The van der Waals surface area contributed by atoms with Crippen molar-refractivity contribution < 1.29 is 43.9 Å². The molecule has 0 radical (unpaired) electrons. The van der Waals surface area contributed by atoms with Crippen LogP contribution in [0.1, 0.15) is 119 Å². The fourth-order valence-electron chi connectivity index (χ4n) is 8.24. The van der Waals surface area contributed by atoms with Gasteiger partial charge in [-0.2, -0.15) is 19.6 Å². The standard InChI is InChI=1S/C22H29ClN4O6.C20H28ClN3O6Si.C8H17NO.ClH/c1-33-13-16(28)12-26-19(29)11-25-27(21(26)31)15-6-7-18(23)17(10-15)20(30)24-14-22(32)8-4-2-3-5-9-22;1-20(2,3)31(5,6)30-14(12-29-4)11-23-17(25)10-22-24(19(23)28)13-7-8-16(21)15(9-13)18(26)27;9-7-8(10)5-3-1-2-4-6-8;/h6-7,10-11,16,28,32H,2-5,8-9,12-14H2,1H3,(H,24,30);7-10,14H,11-12H2,1-6H3,(H,26,27);10H,1-7,9H2;1H/t16-;14-;;/m11../s1. The Morgan fingerprint density at radius 2 is 1.19 bits per heavy atom. The number of amides is 1. The van der Waals surface area contributed by atoms with Crippen molar-refractivity contribution in [3.8, 4) is 11.4 Å². The van der Waals surface area contributed by atoms with E-state index in [1.165, 1.54) is 63.5 Å². The zero-order valence-electron chi connectivity index (χ0n) is 43.9. The van der Waals surface area contributed by atoms with E-state index in [4.69, 9.17) is 42.8 Å². The number of carboxylic acids is 1. The minimum Gasteiger partial charge on any atom is -0.478 e. The number of methoxy groups -OCH3 is 2. The second-order valence-corrected chi connectivity index (χ2v) is 26.0. The van der Waals surface area contributed by atoms with Gasteiger partial charge in [0, 0.05) is 27.3 Å². The SMILES string of the molecule is COC[C@@H](Cn1c(=O)cnn(-c2ccc(Cl)c(C(=O)O)c2)c1=O)O[Si](C)(C)C(C)(C)C.COC[C@H](O)Cn1c(=O)cnn(-c2ccc(Cl)c(C(=O)NCC3(O)CCCCCC3)c2)c1=O.Cl.NCC1(O)CCCCCC1. The number of aromatic carboxylic acids is 1. The van der Waals surface area contributed by atoms with Crippen LogP contribution in [0.4, 0.5) is 0 Å². The quantitative estimate of drug-likeness (QED) is 0.0592. The van der Waals surface area contributed by atoms with Crippen molar-refractivity contribution in [1.29, 1.82) is 0 Å². The molecular weight excluding hydrogens is 1060 g/mol. The van der Waals surface area contributed by atoms with Crippen LogP contribution < -0.4 is 33.5 Å². The van der Waals surface area contributed by atoms with E-state index < -0.39 is 66.1 Å². The van der Waals surface area contributed by atoms with Gasteiger partial charge < -0.3 is 45.4 Å². The molecule has 0 bridgehead atoms. The lowest BCUT2D eigenvalue weighted by Gasteiger charge is -2.39. The van der Waals surface area contributed by atoms with Gasteiger partial charge >= 0.3 is 17.3 Å². The first-order valence-electron chi connectivity index (χ1n) is 24.8. The molecule has 25 heteroatoms. The number of halogens is 3. The van der Waals surface area contributed by atoms with E-state index >= 15 is 0 Å². The highest BCUT2D eigenvalue weighted by atomic mass is 35.5. The van der Waals surface area contributed by atoms with Crippen LogP contribution in [0.15, 0.2) is 68.0 Å². The van der Waals surface area contributed by atoms with Crippen molar-refractivity contribution in [2.75, 3.05) is 40.5 Å². The molecule has 0 spiro atoms. The van der Waals surface area contributed by atoms with Gasteiger partial charge in [-0.1, -0.05) is 95.3 Å². The molecule has 2 fully saturated rings. The van der Waals surface area contributed by atoms with Crippen LogP contribution in [0, 0.1) is 0 Å². The van der Waals surface area contributed by atoms with Crippen molar-refractivity contribution in [2.45, 2.75) is 152 Å². The van der Waals surface area contributed by atoms with Gasteiger partial charge in [0.05, 0.1) is 82.3 Å². The van der Waals surface area contributed by atoms with Gasteiger partial charge in [0.25, 0.3) is 17.0 Å². The summed E-state index contributed by atoms with van der Waals surface area (Å²) in [5.74, 6) is -1.73. The second-order valence-electron chi connectivity index (χ2n) is 20.4. The number of hydrogen-bond acceptors (Lipinski definition) is 15. The largest absolute Gasteiger partial charge is 0.478 e. The topological polar surface area (TPSA) is 295 Å². The van der Waals surface area contributed by atoms with E-state index in [1.807, 2.05) is 0 Å². The Morgan fingerprint density at radius 1 is 0.747 bits per heavy atom. The fraction of sp³-hybridized carbons (Fsp3) is 0.600. The molecule has 75 heavy (non-hydrogen) atoms. The van der Waals surface area contributed by atoms with Crippen molar-refractivity contribution in [1.82, 2.24) is 34.0 Å². The Morgan fingerprint density at radius 3 is 1.63 bits per heavy atom. The number of aliphatic hydroxyl groups is 3. The number of aliphatic hydroxyl groups excluding tert-OH is 1. The molecule has 2 aliphatic rings. The molecule has 7 N–H and O–H groups in total. The summed E-state index contributed by atoms with van der Waals surface area (Å²) in [6.45, 7) is 10.8. The van der Waals surface area contributed by atoms with Gasteiger partial charge in [0.15, 0.2) is 8.32 Å². The number of ether oxygens (including phenoxy) is 2. The molecule has 0 saturated heterocycles. The molecule has 418 valence electrons. The number of carboxylic acid groups (broad SMARTS) is 1. The van der Waals surface area contributed by atoms with Crippen LogP contribution in [0.2, 0.25) is 28.2 Å². The molecule has 2 aliphatic carbocycles. The smallest absolute Gasteiger partial charge is 0.352 e. The molecule has 0 aliphatic heterocycles. The molecule has 2 heterocycles. The van der Waals surface area contributed by atoms with E-state index in [9.17, 15) is 49.2 Å². The highest BCUT2D eigenvalue weighted by Gasteiger charge is 2.39. The molecule has 0 unspecified atom stereocenters. The lowest BCUT2D eigenvalue weighted by molar-refractivity contribution is 0.0246. The van der Waals surface area contributed by atoms with Crippen LogP contribution in [0.25, 0.3) is 11.4 Å². The van der Waals surface area contributed by atoms with Crippen molar-refractivity contribution in [2.24, 2.45) is 5.73 Å². The van der Waals surface area contributed by atoms with Gasteiger partial charge in [-0.25, -0.2) is 14.4 Å². The molecular formula is C50H75Cl3N8O13Si. The Bertz CT molecular complexity index is 2750. The Labute approximate surface area is 453 Å². The fourth-order valence-corrected chi connectivity index (χ4v) is 9.98. The maximum Gasteiger partial charge on any atom is 0.352 e. The number of aromatic nitrogens is 6. The van der Waals surface area contributed by atoms with Crippen LogP contribution in [-0.2, 0) is 27.0 Å². The second kappa shape index (κ2) is 29.2. The Kier molecular flexibility index (Phi) is 25.2. The van der Waals surface area contributed by atoms with Crippen molar-refractivity contribution >= 4 is 55.8 Å². The molecule has 2 aromatic heterocycles. The summed E-state index contributed by atoms with van der Waals surface area (Å²) in [7, 11) is 0.721. The predicted molar refractivity (Wildman–Crippen MR) is 291 cm³/mol. The lowest BCUT2D eigenvalue weighted by Crippen LogP contribution is -2.49. The Hall–Kier alpha value is -4.59. The van der Waals surface area contributed by atoms with Gasteiger partial charge in [-0.05, 0) is 80.2 Å². The first-order chi connectivity index (χ1) is 34.8. The third-order valence-corrected chi connectivity index (χ3v) is 18.8. The highest BCUT2D eigenvalue weighted by molar-refractivity contribution is 6.74. The first kappa shape index (κ1) is 64.7. The van der Waals surface area contributed by atoms with Gasteiger partial charge in [-0.3, -0.25) is 23.5 Å². The minimum atomic E-state index is -2.20. The van der Waals surface area contributed by atoms with Gasteiger partial charge in [-0.15, -0.1) is 12.4 Å². The molecule has 6 rings (SSSR count). The summed E-state index contributed by atoms with van der Waals surface area (Å²) >= 11 is 12.1. The number of carbonyl (C=O) groups excluding carboxylic acids is 1. The van der Waals surface area contributed by atoms with Crippen molar-refractivity contribution in [3.63, 3.8) is 0 Å².